The largest absolute Gasteiger partial charge is 0.382 e. The maximum Gasteiger partial charge on any atom is 0.153 e. The highest BCUT2D eigenvalue weighted by Gasteiger charge is 2.09. The van der Waals surface area contributed by atoms with Gasteiger partial charge in [0.2, 0.25) is 0 Å². The summed E-state index contributed by atoms with van der Waals surface area (Å²) in [6, 6.07) is 10.3. The molecule has 0 spiro atoms. The van der Waals surface area contributed by atoms with Crippen LogP contribution in [0.15, 0.2) is 35.2 Å². The fraction of sp³-hybridized carbons (Fsp3) is 0.182. The van der Waals surface area contributed by atoms with Crippen LogP contribution in [0.25, 0.3) is 0 Å². The lowest BCUT2D eigenvalue weighted by Gasteiger charge is -2.05. The molecule has 0 aliphatic carbocycles. The van der Waals surface area contributed by atoms with Crippen molar-refractivity contribution in [2.45, 2.75) is 11.4 Å². The highest BCUT2D eigenvalue weighted by Crippen LogP contribution is 2.34. The van der Waals surface area contributed by atoms with E-state index in [0.717, 1.165) is 16.4 Å². The molecule has 16 heavy (non-hydrogen) atoms. The molecule has 0 saturated carbocycles. The van der Waals surface area contributed by atoms with Crippen LogP contribution in [0.2, 0.25) is 0 Å². The van der Waals surface area contributed by atoms with Gasteiger partial charge >= 0.3 is 0 Å². The van der Waals surface area contributed by atoms with E-state index in [1.165, 1.54) is 17.1 Å². The predicted octanol–water partition coefficient (Wildman–Crippen LogP) is 3.06. The van der Waals surface area contributed by atoms with E-state index in [1.54, 1.807) is 11.8 Å². The first-order valence-corrected chi connectivity index (χ1v) is 6.88. The van der Waals surface area contributed by atoms with Gasteiger partial charge in [0.1, 0.15) is 5.00 Å². The fourth-order valence-electron chi connectivity index (χ4n) is 1.38. The van der Waals surface area contributed by atoms with Gasteiger partial charge in [-0.2, -0.15) is 4.37 Å². The average molecular weight is 251 g/mol. The number of nitrogens with one attached hydrogen (secondary N) is 1. The zero-order chi connectivity index (χ0) is 11.4. The van der Waals surface area contributed by atoms with Crippen LogP contribution in [0.3, 0.4) is 0 Å². The molecule has 5 heteroatoms. The number of nitrogen functional groups attached to an aromatic ring is 1. The average Bonchev–Trinajstić information content (AvgIpc) is 2.68. The van der Waals surface area contributed by atoms with E-state index in [4.69, 9.17) is 5.73 Å². The molecule has 3 N–H and O–H groups in total. The van der Waals surface area contributed by atoms with E-state index >= 15 is 0 Å². The molecular formula is C11H13N3S2. The molecular weight excluding hydrogens is 238 g/mol. The standard InChI is InChI=1S/C11H13N3S2/c1-15-9-10(12)14-16-11(9)13-7-8-5-3-2-4-6-8/h2-6,13H,7H2,1H3,(H2,12,14). The van der Waals surface area contributed by atoms with Gasteiger partial charge in [0, 0.05) is 6.54 Å². The highest BCUT2D eigenvalue weighted by molar-refractivity contribution is 7.99. The SMILES string of the molecule is CSc1c(N)nsc1NCc1ccccc1. The summed E-state index contributed by atoms with van der Waals surface area (Å²) in [5.74, 6) is 0.619. The van der Waals surface area contributed by atoms with E-state index < -0.39 is 0 Å². The van der Waals surface area contributed by atoms with Crippen LogP contribution in [0, 0.1) is 0 Å². The number of hydrogen-bond donors (Lipinski definition) is 2. The Hall–Kier alpha value is -1.20. The smallest absolute Gasteiger partial charge is 0.153 e. The van der Waals surface area contributed by atoms with E-state index in [2.05, 4.69) is 21.8 Å². The van der Waals surface area contributed by atoms with Gasteiger partial charge in [-0.15, -0.1) is 11.8 Å². The number of benzene rings is 1. The van der Waals surface area contributed by atoms with Gasteiger partial charge in [-0.25, -0.2) is 0 Å². The van der Waals surface area contributed by atoms with Gasteiger partial charge in [-0.3, -0.25) is 0 Å². The molecule has 1 aromatic heterocycles. The third-order valence-electron chi connectivity index (χ3n) is 2.17. The molecule has 0 unspecified atom stereocenters. The first-order valence-electron chi connectivity index (χ1n) is 4.88. The Balaban J connectivity index is 2.05. The van der Waals surface area contributed by atoms with Gasteiger partial charge < -0.3 is 11.1 Å². The quantitative estimate of drug-likeness (QED) is 0.820. The molecule has 0 radical (unpaired) electrons. The van der Waals surface area contributed by atoms with Gasteiger partial charge in [0.15, 0.2) is 5.82 Å². The van der Waals surface area contributed by atoms with Crippen LogP contribution in [0.1, 0.15) is 5.56 Å². The molecule has 2 rings (SSSR count). The second kappa shape index (κ2) is 5.23. The lowest BCUT2D eigenvalue weighted by Crippen LogP contribution is -1.98. The van der Waals surface area contributed by atoms with E-state index in [9.17, 15) is 0 Å². The summed E-state index contributed by atoms with van der Waals surface area (Å²) < 4.78 is 4.14. The predicted molar refractivity (Wildman–Crippen MR) is 72.1 cm³/mol. The number of anilines is 2. The zero-order valence-corrected chi connectivity index (χ0v) is 10.6. The van der Waals surface area contributed by atoms with Gasteiger partial charge in [0.25, 0.3) is 0 Å². The lowest BCUT2D eigenvalue weighted by atomic mass is 10.2. The zero-order valence-electron chi connectivity index (χ0n) is 8.93. The van der Waals surface area contributed by atoms with E-state index in [0.29, 0.717) is 5.82 Å². The van der Waals surface area contributed by atoms with Crippen molar-refractivity contribution in [3.63, 3.8) is 0 Å². The number of hydrogen-bond acceptors (Lipinski definition) is 5. The second-order valence-electron chi connectivity index (χ2n) is 3.27. The molecule has 0 fully saturated rings. The number of nitrogens with two attached hydrogens (primary N) is 1. The Kier molecular flexibility index (Phi) is 3.69. The van der Waals surface area contributed by atoms with Crippen molar-refractivity contribution in [1.29, 1.82) is 0 Å². The van der Waals surface area contributed by atoms with Crippen molar-refractivity contribution in [1.82, 2.24) is 4.37 Å². The Bertz CT molecular complexity index is 454. The first-order chi connectivity index (χ1) is 7.81. The van der Waals surface area contributed by atoms with Crippen molar-refractivity contribution >= 4 is 34.1 Å². The summed E-state index contributed by atoms with van der Waals surface area (Å²) in [4.78, 5) is 1.04. The third-order valence-corrected chi connectivity index (χ3v) is 3.94. The number of aromatic nitrogens is 1. The molecule has 0 atom stereocenters. The highest BCUT2D eigenvalue weighted by atomic mass is 32.2. The molecule has 84 valence electrons. The van der Waals surface area contributed by atoms with Crippen LogP contribution in [-0.4, -0.2) is 10.6 Å². The molecule has 1 heterocycles. The van der Waals surface area contributed by atoms with Crippen molar-refractivity contribution in [2.24, 2.45) is 0 Å². The van der Waals surface area contributed by atoms with Crippen molar-refractivity contribution in [3.05, 3.63) is 35.9 Å². The fourth-order valence-corrected chi connectivity index (χ4v) is 2.92. The Labute approximate surface area is 103 Å². The first kappa shape index (κ1) is 11.3. The molecule has 0 aliphatic rings. The maximum atomic E-state index is 5.76. The molecule has 0 aliphatic heterocycles. The maximum absolute atomic E-state index is 5.76. The summed E-state index contributed by atoms with van der Waals surface area (Å²) in [6.45, 7) is 0.802. The molecule has 1 aromatic carbocycles. The Morgan fingerprint density at radius 2 is 2.12 bits per heavy atom. The molecule has 0 saturated heterocycles. The molecule has 2 aromatic rings. The van der Waals surface area contributed by atoms with Crippen LogP contribution in [-0.2, 0) is 6.54 Å². The molecule has 0 bridgehead atoms. The number of thioether (sulfide) groups is 1. The van der Waals surface area contributed by atoms with Crippen molar-refractivity contribution < 1.29 is 0 Å². The number of rotatable bonds is 4. The van der Waals surface area contributed by atoms with Crippen molar-refractivity contribution in [2.75, 3.05) is 17.3 Å². The summed E-state index contributed by atoms with van der Waals surface area (Å²) in [7, 11) is 0. The molecule has 0 amide bonds. The molecule has 3 nitrogen and oxygen atoms in total. The van der Waals surface area contributed by atoms with E-state index in [1.807, 2.05) is 24.5 Å². The summed E-state index contributed by atoms with van der Waals surface area (Å²) >= 11 is 3.04. The topological polar surface area (TPSA) is 50.9 Å². The van der Waals surface area contributed by atoms with E-state index in [-0.39, 0.29) is 0 Å². The van der Waals surface area contributed by atoms with Crippen LogP contribution >= 0.6 is 23.3 Å². The van der Waals surface area contributed by atoms with Crippen molar-refractivity contribution in [3.8, 4) is 0 Å². The minimum absolute atomic E-state index is 0.619. The van der Waals surface area contributed by atoms with Crippen LogP contribution in [0.5, 0.6) is 0 Å². The lowest BCUT2D eigenvalue weighted by molar-refractivity contribution is 1.15. The van der Waals surface area contributed by atoms with Gasteiger partial charge in [-0.05, 0) is 23.4 Å². The number of nitrogens with zero attached hydrogens (tertiary/aromatic N) is 1. The van der Waals surface area contributed by atoms with Gasteiger partial charge in [0.05, 0.1) is 4.90 Å². The minimum atomic E-state index is 0.619. The minimum Gasteiger partial charge on any atom is -0.382 e. The van der Waals surface area contributed by atoms with Crippen LogP contribution in [0.4, 0.5) is 10.8 Å². The normalized spacial score (nSPS) is 10.3. The monoisotopic (exact) mass is 251 g/mol. The van der Waals surface area contributed by atoms with Crippen LogP contribution < -0.4 is 11.1 Å². The summed E-state index contributed by atoms with van der Waals surface area (Å²) in [6.07, 6.45) is 2.01. The summed E-state index contributed by atoms with van der Waals surface area (Å²) in [5, 5.41) is 4.41. The third kappa shape index (κ3) is 2.48. The summed E-state index contributed by atoms with van der Waals surface area (Å²) in [5.41, 5.74) is 7.01. The Morgan fingerprint density at radius 1 is 1.38 bits per heavy atom. The second-order valence-corrected chi connectivity index (χ2v) is 4.86. The Morgan fingerprint density at radius 3 is 2.81 bits per heavy atom. The van der Waals surface area contributed by atoms with Gasteiger partial charge in [-0.1, -0.05) is 30.3 Å².